The molecular formula is C31H20Br2F4N4O4. The summed E-state index contributed by atoms with van der Waals surface area (Å²) in [6.45, 7) is -0.412. The third-order valence-corrected chi connectivity index (χ3v) is 8.51. The maximum Gasteiger partial charge on any atom is 0.416 e. The third kappa shape index (κ3) is 7.07. The number of nitrogens with one attached hydrogen (secondary N) is 1. The Labute approximate surface area is 269 Å². The SMILES string of the molecule is COc1cc(C=Nn2c(-c3cccc(C(F)(F)F)c3)nc3ccccc3c2=O)c(Br)c(Br)c1OCC(=O)Nc1ccc(F)cc1. The number of carbonyl (C=O) groups excluding carboxylic acids is 1. The van der Waals surface area contributed by atoms with Crippen molar-refractivity contribution in [3.05, 3.63) is 115 Å². The Morgan fingerprint density at radius 2 is 1.76 bits per heavy atom. The van der Waals surface area contributed by atoms with Gasteiger partial charge in [0.15, 0.2) is 23.9 Å². The highest BCUT2D eigenvalue weighted by molar-refractivity contribution is 9.13. The molecule has 0 saturated heterocycles. The molecular weight excluding hydrogens is 728 g/mol. The molecule has 0 atom stereocenters. The second kappa shape index (κ2) is 13.2. The zero-order valence-corrected chi connectivity index (χ0v) is 26.2. The van der Waals surface area contributed by atoms with E-state index in [-0.39, 0.29) is 33.8 Å². The molecule has 1 amide bonds. The highest BCUT2D eigenvalue weighted by Crippen LogP contribution is 2.42. The number of anilines is 1. The average Bonchev–Trinajstić information content (AvgIpc) is 3.02. The van der Waals surface area contributed by atoms with E-state index in [4.69, 9.17) is 9.47 Å². The van der Waals surface area contributed by atoms with Crippen LogP contribution in [-0.2, 0) is 11.0 Å². The van der Waals surface area contributed by atoms with Crippen molar-refractivity contribution in [1.82, 2.24) is 9.66 Å². The lowest BCUT2D eigenvalue weighted by molar-refractivity contribution is -0.137. The van der Waals surface area contributed by atoms with Crippen LogP contribution in [0.1, 0.15) is 11.1 Å². The van der Waals surface area contributed by atoms with Crippen LogP contribution in [-0.4, -0.2) is 35.5 Å². The summed E-state index contributed by atoms with van der Waals surface area (Å²) >= 11 is 6.88. The zero-order chi connectivity index (χ0) is 32.3. The summed E-state index contributed by atoms with van der Waals surface area (Å²) in [7, 11) is 1.38. The van der Waals surface area contributed by atoms with E-state index in [1.165, 1.54) is 55.8 Å². The fourth-order valence-corrected chi connectivity index (χ4v) is 5.16. The molecule has 0 radical (unpaired) electrons. The quantitative estimate of drug-likeness (QED) is 0.130. The van der Waals surface area contributed by atoms with Crippen LogP contribution in [0.4, 0.5) is 23.2 Å². The number of nitrogens with zero attached hydrogens (tertiary/aromatic N) is 3. The van der Waals surface area contributed by atoms with E-state index in [2.05, 4.69) is 47.3 Å². The van der Waals surface area contributed by atoms with Gasteiger partial charge in [-0.25, -0.2) is 9.37 Å². The molecule has 8 nitrogen and oxygen atoms in total. The number of aromatic nitrogens is 2. The molecule has 4 aromatic carbocycles. The summed E-state index contributed by atoms with van der Waals surface area (Å²) in [5, 5.41) is 7.13. The standard InChI is InChI=1S/C31H20Br2F4N4O4/c1-44-24-14-18(26(32)27(33)28(24)45-16-25(42)39-21-11-9-20(34)10-12-21)15-38-41-29(17-5-4-6-19(13-17)31(35,36)37)40-23-8-3-2-7-22(23)30(41)43/h2-15H,16H2,1H3,(H,39,42). The van der Waals surface area contributed by atoms with E-state index in [0.29, 0.717) is 20.2 Å². The van der Waals surface area contributed by atoms with Crippen molar-refractivity contribution in [1.29, 1.82) is 0 Å². The number of fused-ring (bicyclic) bond motifs is 1. The summed E-state index contributed by atoms with van der Waals surface area (Å²) in [6.07, 6.45) is -3.31. The number of halogens is 6. The van der Waals surface area contributed by atoms with Crippen molar-refractivity contribution in [3.8, 4) is 22.9 Å². The Morgan fingerprint density at radius 3 is 2.47 bits per heavy atom. The molecule has 45 heavy (non-hydrogen) atoms. The topological polar surface area (TPSA) is 94.8 Å². The van der Waals surface area contributed by atoms with Crippen molar-refractivity contribution in [2.75, 3.05) is 19.0 Å². The van der Waals surface area contributed by atoms with Gasteiger partial charge in [-0.1, -0.05) is 24.3 Å². The van der Waals surface area contributed by atoms with Crippen molar-refractivity contribution < 1.29 is 31.8 Å². The minimum atomic E-state index is -4.61. The monoisotopic (exact) mass is 746 g/mol. The molecule has 0 aliphatic carbocycles. The average molecular weight is 748 g/mol. The van der Waals surface area contributed by atoms with Crippen LogP contribution in [0.2, 0.25) is 0 Å². The summed E-state index contributed by atoms with van der Waals surface area (Å²) in [4.78, 5) is 30.4. The predicted molar refractivity (Wildman–Crippen MR) is 168 cm³/mol. The molecule has 14 heteroatoms. The number of benzene rings is 4. The summed E-state index contributed by atoms with van der Waals surface area (Å²) in [6, 6.07) is 17.6. The number of hydrogen-bond acceptors (Lipinski definition) is 6. The number of hydrogen-bond donors (Lipinski definition) is 1. The first-order valence-electron chi connectivity index (χ1n) is 12.9. The number of ether oxygens (including phenoxy) is 2. The van der Waals surface area contributed by atoms with Gasteiger partial charge in [0.2, 0.25) is 0 Å². The van der Waals surface area contributed by atoms with Crippen molar-refractivity contribution in [2.45, 2.75) is 6.18 Å². The Balaban J connectivity index is 1.50. The molecule has 1 heterocycles. The van der Waals surface area contributed by atoms with Crippen molar-refractivity contribution in [3.63, 3.8) is 0 Å². The van der Waals surface area contributed by atoms with Crippen molar-refractivity contribution in [2.24, 2.45) is 5.10 Å². The molecule has 5 rings (SSSR count). The van der Waals surface area contributed by atoms with E-state index in [9.17, 15) is 27.2 Å². The van der Waals surface area contributed by atoms with Crippen LogP contribution in [0.25, 0.3) is 22.3 Å². The molecule has 230 valence electrons. The van der Waals surface area contributed by atoms with Crippen LogP contribution in [0.5, 0.6) is 11.5 Å². The molecule has 0 fully saturated rings. The second-order valence-electron chi connectivity index (χ2n) is 9.36. The van der Waals surface area contributed by atoms with E-state index >= 15 is 0 Å². The summed E-state index contributed by atoms with van der Waals surface area (Å²) in [5.41, 5.74) is -0.416. The number of rotatable bonds is 8. The highest BCUT2D eigenvalue weighted by atomic mass is 79.9. The first kappa shape index (κ1) is 31.9. The lowest BCUT2D eigenvalue weighted by Crippen LogP contribution is -2.21. The van der Waals surface area contributed by atoms with Crippen LogP contribution in [0, 0.1) is 5.82 Å². The maximum atomic E-state index is 13.5. The normalized spacial score (nSPS) is 11.6. The first-order valence-corrected chi connectivity index (χ1v) is 14.5. The van der Waals surface area contributed by atoms with Gasteiger partial charge in [-0.15, -0.1) is 0 Å². The molecule has 0 bridgehead atoms. The number of methoxy groups -OCH3 is 1. The lowest BCUT2D eigenvalue weighted by atomic mass is 10.1. The van der Waals surface area contributed by atoms with Crippen LogP contribution < -0.4 is 20.3 Å². The van der Waals surface area contributed by atoms with Gasteiger partial charge in [-0.2, -0.15) is 22.9 Å². The highest BCUT2D eigenvalue weighted by Gasteiger charge is 2.31. The lowest BCUT2D eigenvalue weighted by Gasteiger charge is -2.15. The first-order chi connectivity index (χ1) is 21.5. The Bertz CT molecular complexity index is 2000. The Kier molecular flexibility index (Phi) is 9.34. The van der Waals surface area contributed by atoms with E-state index in [1.807, 2.05) is 0 Å². The largest absolute Gasteiger partial charge is 0.493 e. The fraction of sp³-hybridized carbons (Fsp3) is 0.0968. The predicted octanol–water partition coefficient (Wildman–Crippen LogP) is 7.65. The molecule has 1 N–H and O–H groups in total. The van der Waals surface area contributed by atoms with Gasteiger partial charge < -0.3 is 14.8 Å². The van der Waals surface area contributed by atoms with Gasteiger partial charge in [0.1, 0.15) is 5.82 Å². The molecule has 0 unspecified atom stereocenters. The third-order valence-electron chi connectivity index (χ3n) is 6.37. The number of amides is 1. The Morgan fingerprint density at radius 1 is 1.02 bits per heavy atom. The van der Waals surface area contributed by atoms with Gasteiger partial charge in [0.25, 0.3) is 11.5 Å². The minimum Gasteiger partial charge on any atom is -0.493 e. The van der Waals surface area contributed by atoms with Gasteiger partial charge in [0.05, 0.1) is 34.3 Å². The van der Waals surface area contributed by atoms with Crippen LogP contribution in [0.3, 0.4) is 0 Å². The fourth-order valence-electron chi connectivity index (χ4n) is 4.22. The van der Waals surface area contributed by atoms with E-state index < -0.39 is 35.6 Å². The van der Waals surface area contributed by atoms with E-state index in [1.54, 1.807) is 24.3 Å². The maximum absolute atomic E-state index is 13.5. The van der Waals surface area contributed by atoms with Gasteiger partial charge in [-0.3, -0.25) is 9.59 Å². The van der Waals surface area contributed by atoms with Crippen LogP contribution >= 0.6 is 31.9 Å². The summed E-state index contributed by atoms with van der Waals surface area (Å²) < 4.78 is 66.5. The molecule has 5 aromatic rings. The zero-order valence-electron chi connectivity index (χ0n) is 23.0. The summed E-state index contributed by atoms with van der Waals surface area (Å²) in [5.74, 6) is -0.689. The smallest absolute Gasteiger partial charge is 0.416 e. The van der Waals surface area contributed by atoms with E-state index in [0.717, 1.165) is 16.8 Å². The number of carbonyl (C=O) groups is 1. The molecule has 0 spiro atoms. The van der Waals surface area contributed by atoms with Gasteiger partial charge in [0, 0.05) is 21.3 Å². The minimum absolute atomic E-state index is 0.0327. The Hall–Kier alpha value is -4.56. The molecule has 0 saturated carbocycles. The number of para-hydroxylation sites is 1. The van der Waals surface area contributed by atoms with Gasteiger partial charge >= 0.3 is 6.18 Å². The van der Waals surface area contributed by atoms with Gasteiger partial charge in [-0.05, 0) is 86.5 Å². The molecule has 1 aromatic heterocycles. The molecule has 0 aliphatic heterocycles. The van der Waals surface area contributed by atoms with Crippen LogP contribution in [0.15, 0.2) is 97.7 Å². The molecule has 0 aliphatic rings. The second-order valence-corrected chi connectivity index (χ2v) is 10.9. The van der Waals surface area contributed by atoms with Crippen molar-refractivity contribution >= 4 is 60.6 Å². The number of alkyl halides is 3.